The first kappa shape index (κ1) is 20.3. The van der Waals surface area contributed by atoms with Gasteiger partial charge in [0, 0.05) is 63.4 Å². The molecule has 2 aromatic heterocycles. The first-order valence-corrected chi connectivity index (χ1v) is 9.90. The van der Waals surface area contributed by atoms with Gasteiger partial charge in [-0.15, -0.1) is 0 Å². The number of carbonyl (C=O) groups excluding carboxylic acids is 1. The fourth-order valence-corrected chi connectivity index (χ4v) is 3.70. The van der Waals surface area contributed by atoms with Gasteiger partial charge in [-0.05, 0) is 34.1 Å². The topological polar surface area (TPSA) is 79.2 Å². The monoisotopic (exact) mass is 385 g/mol. The molecule has 3 heterocycles. The molecule has 1 amide bonds. The van der Waals surface area contributed by atoms with Gasteiger partial charge in [-0.2, -0.15) is 0 Å². The van der Waals surface area contributed by atoms with E-state index >= 15 is 0 Å². The Labute approximate surface area is 167 Å². The Morgan fingerprint density at radius 1 is 1.36 bits per heavy atom. The fraction of sp³-hybridized carbons (Fsp3) is 0.600. The van der Waals surface area contributed by atoms with Crippen LogP contribution < -0.4 is 10.2 Å². The van der Waals surface area contributed by atoms with Crippen LogP contribution in [0, 0.1) is 13.8 Å². The number of rotatable bonds is 6. The van der Waals surface area contributed by atoms with Crippen molar-refractivity contribution in [3.63, 3.8) is 0 Å². The summed E-state index contributed by atoms with van der Waals surface area (Å²) in [6, 6.07) is 0.527. The van der Waals surface area contributed by atoms with Crippen LogP contribution >= 0.6 is 0 Å². The summed E-state index contributed by atoms with van der Waals surface area (Å²) in [6.45, 7) is 10.9. The second kappa shape index (κ2) is 8.26. The lowest BCUT2D eigenvalue weighted by molar-refractivity contribution is 0.0815. The van der Waals surface area contributed by atoms with Gasteiger partial charge in [-0.25, -0.2) is 15.0 Å². The van der Waals surface area contributed by atoms with Crippen LogP contribution in [-0.2, 0) is 6.54 Å². The minimum absolute atomic E-state index is 0.168. The molecule has 3 rings (SSSR count). The zero-order chi connectivity index (χ0) is 20.4. The van der Waals surface area contributed by atoms with Gasteiger partial charge in [0.05, 0.1) is 6.04 Å². The molecular weight excluding hydrogens is 354 g/mol. The van der Waals surface area contributed by atoms with Crippen LogP contribution in [0.5, 0.6) is 0 Å². The number of hydrogen-bond donors (Lipinski definition) is 1. The number of hydrogen-bond acceptors (Lipinski definition) is 6. The molecule has 1 fully saturated rings. The van der Waals surface area contributed by atoms with Crippen molar-refractivity contribution in [3.05, 3.63) is 35.3 Å². The number of carbonyl (C=O) groups is 1. The number of aromatic nitrogens is 4. The van der Waals surface area contributed by atoms with E-state index in [4.69, 9.17) is 0 Å². The number of imidazole rings is 1. The van der Waals surface area contributed by atoms with Crippen molar-refractivity contribution in [3.8, 4) is 0 Å². The lowest BCUT2D eigenvalue weighted by Gasteiger charge is -2.23. The van der Waals surface area contributed by atoms with Crippen molar-refractivity contribution in [1.29, 1.82) is 0 Å². The van der Waals surface area contributed by atoms with Crippen LogP contribution in [0.2, 0.25) is 0 Å². The van der Waals surface area contributed by atoms with Gasteiger partial charge in [-0.3, -0.25) is 4.79 Å². The molecule has 1 aliphatic rings. The van der Waals surface area contributed by atoms with E-state index in [1.165, 1.54) is 4.90 Å². The molecule has 1 N–H and O–H groups in total. The summed E-state index contributed by atoms with van der Waals surface area (Å²) in [5.74, 6) is 2.02. The third-order valence-electron chi connectivity index (χ3n) is 5.41. The van der Waals surface area contributed by atoms with Gasteiger partial charge < -0.3 is 19.7 Å². The summed E-state index contributed by atoms with van der Waals surface area (Å²) < 4.78 is 2.17. The summed E-state index contributed by atoms with van der Waals surface area (Å²) in [5.41, 5.74) is 1.88. The Morgan fingerprint density at radius 2 is 2.11 bits per heavy atom. The highest BCUT2D eigenvalue weighted by atomic mass is 16.2. The Bertz CT molecular complexity index is 845. The van der Waals surface area contributed by atoms with Crippen LogP contribution in [0.4, 0.5) is 5.82 Å². The van der Waals surface area contributed by atoms with E-state index in [0.29, 0.717) is 6.04 Å². The molecule has 1 unspecified atom stereocenters. The molecule has 1 aliphatic heterocycles. The summed E-state index contributed by atoms with van der Waals surface area (Å²) in [4.78, 5) is 29.6. The molecule has 152 valence electrons. The van der Waals surface area contributed by atoms with Crippen LogP contribution in [-0.4, -0.2) is 63.6 Å². The summed E-state index contributed by atoms with van der Waals surface area (Å²) in [5, 5.41) is 3.70. The largest absolute Gasteiger partial charge is 0.355 e. The van der Waals surface area contributed by atoms with E-state index in [1.54, 1.807) is 14.1 Å². The molecule has 0 spiro atoms. The van der Waals surface area contributed by atoms with Gasteiger partial charge in [0.2, 0.25) is 5.82 Å². The minimum atomic E-state index is -0.168. The summed E-state index contributed by atoms with van der Waals surface area (Å²) in [7, 11) is 3.44. The number of nitrogens with zero attached hydrogens (tertiary/aromatic N) is 6. The van der Waals surface area contributed by atoms with Crippen molar-refractivity contribution in [2.24, 2.45) is 0 Å². The van der Waals surface area contributed by atoms with Crippen LogP contribution in [0.3, 0.4) is 0 Å². The normalized spacial score (nSPS) is 17.8. The van der Waals surface area contributed by atoms with Crippen molar-refractivity contribution >= 4 is 11.7 Å². The van der Waals surface area contributed by atoms with Crippen molar-refractivity contribution in [1.82, 2.24) is 29.7 Å². The number of anilines is 1. The van der Waals surface area contributed by atoms with Crippen molar-refractivity contribution in [2.45, 2.75) is 52.7 Å². The average Bonchev–Trinajstić information content (AvgIpc) is 3.32. The highest BCUT2D eigenvalue weighted by Gasteiger charge is 2.28. The van der Waals surface area contributed by atoms with E-state index in [-0.39, 0.29) is 17.8 Å². The molecule has 0 radical (unpaired) electrons. The Morgan fingerprint density at radius 3 is 2.79 bits per heavy atom. The maximum Gasteiger partial charge on any atom is 0.291 e. The molecular formula is C20H31N7O. The van der Waals surface area contributed by atoms with Crippen LogP contribution in [0.1, 0.15) is 54.0 Å². The van der Waals surface area contributed by atoms with Gasteiger partial charge in [0.1, 0.15) is 11.6 Å². The minimum Gasteiger partial charge on any atom is -0.355 e. The van der Waals surface area contributed by atoms with E-state index in [0.717, 1.165) is 49.0 Å². The van der Waals surface area contributed by atoms with Gasteiger partial charge in [-0.1, -0.05) is 0 Å². The standard InChI is InChI=1S/C20H31N7O/c1-7-26-11-9-21-19(26)15(4)22-16-8-10-27(12-16)18-13(2)14(3)23-17(24-18)20(28)25(5)6/h9,11,15-16,22H,7-8,10,12H2,1-6H3/t15?,16-/m1/s1. The van der Waals surface area contributed by atoms with Crippen LogP contribution in [0.25, 0.3) is 0 Å². The molecule has 0 bridgehead atoms. The van der Waals surface area contributed by atoms with Crippen molar-refractivity contribution in [2.75, 3.05) is 32.1 Å². The lowest BCUT2D eigenvalue weighted by atomic mass is 10.2. The molecule has 0 aliphatic carbocycles. The van der Waals surface area contributed by atoms with Gasteiger partial charge in [0.25, 0.3) is 5.91 Å². The highest BCUT2D eigenvalue weighted by Crippen LogP contribution is 2.25. The second-order valence-corrected chi connectivity index (χ2v) is 7.67. The van der Waals surface area contributed by atoms with E-state index in [9.17, 15) is 4.79 Å². The summed E-state index contributed by atoms with van der Waals surface area (Å²) in [6.07, 6.45) is 4.90. The molecule has 2 atom stereocenters. The maximum absolute atomic E-state index is 12.3. The first-order chi connectivity index (χ1) is 13.3. The van der Waals surface area contributed by atoms with E-state index in [1.807, 2.05) is 26.2 Å². The second-order valence-electron chi connectivity index (χ2n) is 7.67. The third kappa shape index (κ3) is 4.01. The molecule has 2 aromatic rings. The van der Waals surface area contributed by atoms with Gasteiger partial charge in [0.15, 0.2) is 0 Å². The zero-order valence-electron chi connectivity index (χ0n) is 17.7. The average molecular weight is 386 g/mol. The Balaban J connectivity index is 1.74. The smallest absolute Gasteiger partial charge is 0.291 e. The highest BCUT2D eigenvalue weighted by molar-refractivity contribution is 5.90. The Kier molecular flexibility index (Phi) is 5.98. The molecule has 8 heteroatoms. The predicted octanol–water partition coefficient (Wildman–Crippen LogP) is 1.94. The SMILES string of the molecule is CCn1ccnc1C(C)N[C@@H]1CCN(c2nc(C(=O)N(C)C)nc(C)c2C)C1. The molecule has 0 aromatic carbocycles. The van der Waals surface area contributed by atoms with Crippen molar-refractivity contribution < 1.29 is 4.79 Å². The number of amides is 1. The first-order valence-electron chi connectivity index (χ1n) is 9.90. The Hall–Kier alpha value is -2.48. The van der Waals surface area contributed by atoms with E-state index in [2.05, 4.69) is 43.6 Å². The molecule has 1 saturated heterocycles. The van der Waals surface area contributed by atoms with Gasteiger partial charge >= 0.3 is 0 Å². The third-order valence-corrected chi connectivity index (χ3v) is 5.41. The molecule has 8 nitrogen and oxygen atoms in total. The van der Waals surface area contributed by atoms with E-state index < -0.39 is 0 Å². The zero-order valence-corrected chi connectivity index (χ0v) is 17.7. The quantitative estimate of drug-likeness (QED) is 0.819. The number of nitrogens with one attached hydrogen (secondary N) is 1. The number of aryl methyl sites for hydroxylation is 2. The lowest BCUT2D eigenvalue weighted by Crippen LogP contribution is -2.36. The van der Waals surface area contributed by atoms with Crippen LogP contribution in [0.15, 0.2) is 12.4 Å². The molecule has 28 heavy (non-hydrogen) atoms. The summed E-state index contributed by atoms with van der Waals surface area (Å²) >= 11 is 0. The molecule has 0 saturated carbocycles. The fourth-order valence-electron chi connectivity index (χ4n) is 3.70. The predicted molar refractivity (Wildman–Crippen MR) is 110 cm³/mol. The maximum atomic E-state index is 12.3.